The van der Waals surface area contributed by atoms with Crippen molar-refractivity contribution in [3.8, 4) is 0 Å². The van der Waals surface area contributed by atoms with E-state index in [0.29, 0.717) is 5.71 Å². The summed E-state index contributed by atoms with van der Waals surface area (Å²) < 4.78 is 27.5. The molecule has 11 heteroatoms. The largest absolute Gasteiger partial charge is 0.289 e. The van der Waals surface area contributed by atoms with Gasteiger partial charge in [-0.05, 0) is 36.6 Å². The number of nitrogens with zero attached hydrogens (tertiary/aromatic N) is 3. The fraction of sp³-hybridized carbons (Fsp3) is 0.100. The molecule has 0 saturated heterocycles. The summed E-state index contributed by atoms with van der Waals surface area (Å²) >= 11 is 1.45. The highest BCUT2D eigenvalue weighted by Crippen LogP contribution is 2.29. The highest BCUT2D eigenvalue weighted by atomic mass is 32.2. The minimum atomic E-state index is -4.42. The number of hydrogen-bond acceptors (Lipinski definition) is 7. The van der Waals surface area contributed by atoms with Crippen molar-refractivity contribution in [1.29, 1.82) is 0 Å². The van der Waals surface area contributed by atoms with Gasteiger partial charge in [-0.25, -0.2) is 13.8 Å². The first-order valence-corrected chi connectivity index (χ1v) is 11.3. The number of hydrazone groups is 1. The molecule has 0 atom stereocenters. The molecule has 0 spiro atoms. The van der Waals surface area contributed by atoms with Crippen LogP contribution in [-0.4, -0.2) is 31.5 Å². The minimum Gasteiger partial charge on any atom is -0.271 e. The average molecular weight is 459 g/mol. The lowest BCUT2D eigenvalue weighted by Crippen LogP contribution is -2.40. The maximum Gasteiger partial charge on any atom is 0.289 e. The Labute approximate surface area is 182 Å². The number of benzene rings is 2. The molecule has 31 heavy (non-hydrogen) atoms. The minimum absolute atomic E-state index is 0.190. The van der Waals surface area contributed by atoms with Crippen molar-refractivity contribution < 1.29 is 18.1 Å². The fourth-order valence-electron chi connectivity index (χ4n) is 2.71. The molecule has 0 saturated carbocycles. The van der Waals surface area contributed by atoms with Gasteiger partial charge in [0.1, 0.15) is 6.54 Å². The Morgan fingerprint density at radius 3 is 2.42 bits per heavy atom. The smallest absolute Gasteiger partial charge is 0.271 e. The van der Waals surface area contributed by atoms with E-state index in [2.05, 4.69) is 10.5 Å². The first-order valence-electron chi connectivity index (χ1n) is 8.99. The normalized spacial score (nSPS) is 11.7. The number of carbonyl (C=O) groups is 1. The topological polar surface area (TPSA) is 122 Å². The number of rotatable bonds is 8. The van der Waals surface area contributed by atoms with Crippen molar-refractivity contribution >= 4 is 44.4 Å². The van der Waals surface area contributed by atoms with Crippen molar-refractivity contribution in [2.45, 2.75) is 11.8 Å². The number of nitrogens with one attached hydrogen (secondary N) is 1. The lowest BCUT2D eigenvalue weighted by Gasteiger charge is -2.23. The second-order valence-corrected chi connectivity index (χ2v) is 9.06. The molecule has 3 rings (SSSR count). The van der Waals surface area contributed by atoms with Gasteiger partial charge >= 0.3 is 0 Å². The van der Waals surface area contributed by atoms with Crippen LogP contribution in [0.5, 0.6) is 0 Å². The zero-order chi connectivity index (χ0) is 22.4. The van der Waals surface area contributed by atoms with Crippen LogP contribution < -0.4 is 9.73 Å². The second kappa shape index (κ2) is 9.49. The number of sulfonamides is 1. The van der Waals surface area contributed by atoms with Crippen molar-refractivity contribution in [2.75, 3.05) is 10.8 Å². The molecular weight excluding hydrogens is 440 g/mol. The molecule has 1 N–H and O–H groups in total. The maximum atomic E-state index is 13.3. The van der Waals surface area contributed by atoms with Crippen molar-refractivity contribution in [2.24, 2.45) is 5.10 Å². The summed E-state index contributed by atoms with van der Waals surface area (Å²) in [5.74, 6) is -0.693. The van der Waals surface area contributed by atoms with E-state index in [0.717, 1.165) is 21.3 Å². The Kier molecular flexibility index (Phi) is 6.78. The van der Waals surface area contributed by atoms with E-state index in [-0.39, 0.29) is 5.69 Å². The lowest BCUT2D eigenvalue weighted by atomic mass is 10.3. The summed E-state index contributed by atoms with van der Waals surface area (Å²) in [4.78, 5) is 23.5. The summed E-state index contributed by atoms with van der Waals surface area (Å²) in [6.45, 7) is 1.10. The lowest BCUT2D eigenvalue weighted by molar-refractivity contribution is -0.387. The molecule has 160 valence electrons. The highest BCUT2D eigenvalue weighted by molar-refractivity contribution is 7.93. The van der Waals surface area contributed by atoms with E-state index in [4.69, 9.17) is 0 Å². The molecule has 9 nitrogen and oxygen atoms in total. The summed E-state index contributed by atoms with van der Waals surface area (Å²) in [7, 11) is -4.42. The molecule has 2 aromatic carbocycles. The van der Waals surface area contributed by atoms with E-state index < -0.39 is 38.0 Å². The Hall–Kier alpha value is -3.57. The van der Waals surface area contributed by atoms with Crippen LogP contribution in [-0.2, 0) is 14.8 Å². The van der Waals surface area contributed by atoms with Crippen LogP contribution in [0.4, 0.5) is 11.4 Å². The second-order valence-electron chi connectivity index (χ2n) is 6.28. The molecule has 0 radical (unpaired) electrons. The summed E-state index contributed by atoms with van der Waals surface area (Å²) in [5, 5.41) is 17.2. The van der Waals surface area contributed by atoms with Gasteiger partial charge in [-0.3, -0.25) is 19.2 Å². The molecular formula is C20H18N4O5S2. The number of nitro groups is 1. The first-order chi connectivity index (χ1) is 14.8. The maximum absolute atomic E-state index is 13.3. The third-order valence-electron chi connectivity index (χ3n) is 4.19. The molecule has 1 aromatic heterocycles. The zero-order valence-corrected chi connectivity index (χ0v) is 18.0. The third kappa shape index (κ3) is 5.13. The highest BCUT2D eigenvalue weighted by Gasteiger charge is 2.33. The predicted molar refractivity (Wildman–Crippen MR) is 119 cm³/mol. The molecule has 1 heterocycles. The third-order valence-corrected chi connectivity index (χ3v) is 6.99. The van der Waals surface area contributed by atoms with Gasteiger partial charge in [0.25, 0.3) is 21.6 Å². The molecule has 0 fully saturated rings. The number of hydrogen-bond donors (Lipinski definition) is 1. The summed E-state index contributed by atoms with van der Waals surface area (Å²) in [5.41, 5.74) is 2.53. The Bertz CT molecular complexity index is 1210. The average Bonchev–Trinajstić information content (AvgIpc) is 3.31. The fourth-order valence-corrected chi connectivity index (χ4v) is 4.96. The standard InChI is InChI=1S/C20H18N4O5S2/c1-15(18-11-7-13-30-18)21-22-20(25)14-23(16-8-3-2-4-9-16)31(28,29)19-12-6-5-10-17(19)24(26)27/h2-13H,14H2,1H3,(H,22,25)/b21-15+. The van der Waals surface area contributed by atoms with Crippen LogP contribution >= 0.6 is 11.3 Å². The number of amides is 1. The SMILES string of the molecule is C/C(=N\NC(=O)CN(c1ccccc1)S(=O)(=O)c1ccccc1[N+](=O)[O-])c1cccs1. The van der Waals surface area contributed by atoms with Crippen molar-refractivity contribution in [1.82, 2.24) is 5.43 Å². The van der Waals surface area contributed by atoms with E-state index in [1.54, 1.807) is 25.1 Å². The van der Waals surface area contributed by atoms with Crippen LogP contribution in [0.25, 0.3) is 0 Å². The van der Waals surface area contributed by atoms with Gasteiger partial charge in [-0.2, -0.15) is 5.10 Å². The van der Waals surface area contributed by atoms with Gasteiger partial charge in [-0.1, -0.05) is 36.4 Å². The van der Waals surface area contributed by atoms with Crippen LogP contribution in [0.15, 0.2) is 82.1 Å². The van der Waals surface area contributed by atoms with Crippen molar-refractivity contribution in [3.63, 3.8) is 0 Å². The van der Waals surface area contributed by atoms with Gasteiger partial charge in [0.05, 0.1) is 16.3 Å². The number of carbonyl (C=O) groups excluding carboxylic acids is 1. The summed E-state index contributed by atoms with van der Waals surface area (Å²) in [6, 6.07) is 16.6. The molecule has 3 aromatic rings. The quantitative estimate of drug-likeness (QED) is 0.315. The van der Waals surface area contributed by atoms with Gasteiger partial charge in [0, 0.05) is 10.9 Å². The van der Waals surface area contributed by atoms with Crippen molar-refractivity contribution in [3.05, 3.63) is 87.1 Å². The molecule has 0 aliphatic heterocycles. The van der Waals surface area contributed by atoms with Crippen LogP contribution in [0.3, 0.4) is 0 Å². The van der Waals surface area contributed by atoms with Gasteiger partial charge in [0.15, 0.2) is 4.90 Å². The first kappa shape index (κ1) is 22.1. The zero-order valence-electron chi connectivity index (χ0n) is 16.3. The monoisotopic (exact) mass is 458 g/mol. The Balaban J connectivity index is 1.94. The number of thiophene rings is 1. The molecule has 0 aliphatic rings. The molecule has 0 unspecified atom stereocenters. The molecule has 1 amide bonds. The van der Waals surface area contributed by atoms with E-state index in [1.807, 2.05) is 17.5 Å². The molecule has 0 bridgehead atoms. The number of anilines is 1. The van der Waals surface area contributed by atoms with E-state index >= 15 is 0 Å². The number of nitro benzene ring substituents is 1. The van der Waals surface area contributed by atoms with E-state index in [9.17, 15) is 23.3 Å². The molecule has 0 aliphatic carbocycles. The van der Waals surface area contributed by atoms with Gasteiger partial charge in [0.2, 0.25) is 0 Å². The van der Waals surface area contributed by atoms with E-state index in [1.165, 1.54) is 35.6 Å². The Morgan fingerprint density at radius 1 is 1.10 bits per heavy atom. The summed E-state index contributed by atoms with van der Waals surface area (Å²) in [6.07, 6.45) is 0. The number of para-hydroxylation sites is 2. The van der Waals surface area contributed by atoms with Crippen LogP contribution in [0.2, 0.25) is 0 Å². The van der Waals surface area contributed by atoms with Crippen LogP contribution in [0.1, 0.15) is 11.8 Å². The Morgan fingerprint density at radius 2 is 1.77 bits per heavy atom. The van der Waals surface area contributed by atoms with Gasteiger partial charge in [-0.15, -0.1) is 11.3 Å². The van der Waals surface area contributed by atoms with Gasteiger partial charge < -0.3 is 0 Å². The van der Waals surface area contributed by atoms with Crippen LogP contribution in [0, 0.1) is 10.1 Å². The predicted octanol–water partition coefficient (Wildman–Crippen LogP) is 3.39.